The van der Waals surface area contributed by atoms with Crippen molar-refractivity contribution in [3.8, 4) is 5.75 Å². The molecule has 0 unspecified atom stereocenters. The molecular formula is C28H32N2O2S. The van der Waals surface area contributed by atoms with Crippen molar-refractivity contribution in [1.29, 1.82) is 0 Å². The van der Waals surface area contributed by atoms with Crippen LogP contribution in [0.5, 0.6) is 5.75 Å². The maximum Gasteiger partial charge on any atom is 0.193 e. The van der Waals surface area contributed by atoms with Crippen molar-refractivity contribution in [2.75, 3.05) is 12.4 Å². The smallest absolute Gasteiger partial charge is 0.193 e. The molecule has 33 heavy (non-hydrogen) atoms. The molecular weight excluding hydrogens is 428 g/mol. The summed E-state index contributed by atoms with van der Waals surface area (Å²) in [4.78, 5) is 13.0. The van der Waals surface area contributed by atoms with Crippen molar-refractivity contribution in [3.63, 3.8) is 0 Å². The van der Waals surface area contributed by atoms with Gasteiger partial charge in [-0.25, -0.2) is 0 Å². The minimum Gasteiger partial charge on any atom is -0.497 e. The molecule has 5 heteroatoms. The lowest BCUT2D eigenvalue weighted by Crippen LogP contribution is -2.32. The summed E-state index contributed by atoms with van der Waals surface area (Å²) in [5.74, 6) is 0.812. The van der Waals surface area contributed by atoms with Crippen LogP contribution in [0.4, 0.5) is 5.69 Å². The van der Waals surface area contributed by atoms with Gasteiger partial charge in [-0.1, -0.05) is 76.2 Å². The lowest BCUT2D eigenvalue weighted by atomic mass is 9.86. The number of carbonyl (C=O) groups excluding carboxylic acids is 1. The summed E-state index contributed by atoms with van der Waals surface area (Å²) in [6.45, 7) is 8.59. The van der Waals surface area contributed by atoms with Crippen LogP contribution in [-0.2, 0) is 5.41 Å². The molecule has 0 aliphatic carbocycles. The average molecular weight is 461 g/mol. The molecule has 0 saturated carbocycles. The highest BCUT2D eigenvalue weighted by atomic mass is 32.1. The average Bonchev–Trinajstić information content (AvgIpc) is 2.82. The number of thiocarbonyl (C=S) groups is 1. The molecule has 0 aliphatic heterocycles. The number of benzene rings is 3. The van der Waals surface area contributed by atoms with Gasteiger partial charge in [0.15, 0.2) is 10.9 Å². The van der Waals surface area contributed by atoms with Crippen LogP contribution in [0.25, 0.3) is 0 Å². The van der Waals surface area contributed by atoms with E-state index in [9.17, 15) is 4.79 Å². The van der Waals surface area contributed by atoms with E-state index in [0.29, 0.717) is 16.2 Å². The highest BCUT2D eigenvalue weighted by molar-refractivity contribution is 7.80. The molecule has 0 fully saturated rings. The minimum atomic E-state index is -0.0114. The Morgan fingerprint density at radius 3 is 2.21 bits per heavy atom. The van der Waals surface area contributed by atoms with Gasteiger partial charge in [-0.3, -0.25) is 4.79 Å². The number of methoxy groups -OCH3 is 1. The molecule has 0 heterocycles. The number of ketones is 1. The van der Waals surface area contributed by atoms with Gasteiger partial charge < -0.3 is 15.4 Å². The van der Waals surface area contributed by atoms with Gasteiger partial charge >= 0.3 is 0 Å². The van der Waals surface area contributed by atoms with Gasteiger partial charge in [0.05, 0.1) is 13.2 Å². The van der Waals surface area contributed by atoms with Crippen LogP contribution in [0.15, 0.2) is 72.8 Å². The van der Waals surface area contributed by atoms with Crippen LogP contribution >= 0.6 is 12.2 Å². The predicted molar refractivity (Wildman–Crippen MR) is 140 cm³/mol. The topological polar surface area (TPSA) is 50.4 Å². The van der Waals surface area contributed by atoms with Crippen molar-refractivity contribution >= 4 is 28.8 Å². The number of anilines is 1. The van der Waals surface area contributed by atoms with E-state index in [1.165, 1.54) is 5.56 Å². The molecule has 0 bridgehead atoms. The molecule has 0 aromatic heterocycles. The van der Waals surface area contributed by atoms with E-state index in [2.05, 4.69) is 38.3 Å². The van der Waals surface area contributed by atoms with Crippen LogP contribution in [0, 0.1) is 0 Å². The third kappa shape index (κ3) is 6.42. The first-order chi connectivity index (χ1) is 15.7. The summed E-state index contributed by atoms with van der Waals surface area (Å²) in [5.41, 5.74) is 4.45. The Labute approximate surface area is 202 Å². The number of carbonyl (C=O) groups is 1. The Morgan fingerprint density at radius 2 is 1.64 bits per heavy atom. The fourth-order valence-corrected chi connectivity index (χ4v) is 3.87. The summed E-state index contributed by atoms with van der Waals surface area (Å²) in [7, 11) is 1.66. The number of ether oxygens (including phenoxy) is 1. The zero-order chi connectivity index (χ0) is 24.0. The molecule has 0 amide bonds. The summed E-state index contributed by atoms with van der Waals surface area (Å²) in [6.07, 6.45) is 0.872. The first-order valence-corrected chi connectivity index (χ1v) is 11.6. The fraction of sp³-hybridized carbons (Fsp3) is 0.286. The molecule has 0 spiro atoms. The highest BCUT2D eigenvalue weighted by Crippen LogP contribution is 2.24. The number of hydrogen-bond acceptors (Lipinski definition) is 3. The van der Waals surface area contributed by atoms with Gasteiger partial charge in [-0.15, -0.1) is 0 Å². The summed E-state index contributed by atoms with van der Waals surface area (Å²) in [6, 6.07) is 23.3. The second-order valence-electron chi connectivity index (χ2n) is 9.07. The highest BCUT2D eigenvalue weighted by Gasteiger charge is 2.16. The lowest BCUT2D eigenvalue weighted by molar-refractivity contribution is 0.103. The zero-order valence-corrected chi connectivity index (χ0v) is 20.8. The maximum absolute atomic E-state index is 13.0. The summed E-state index contributed by atoms with van der Waals surface area (Å²) < 4.78 is 5.24. The molecule has 172 valence electrons. The SMILES string of the molecule is CC[C@H](NC(=S)Nc1cccc(C(=O)c2ccc(C(C)(C)C)cc2)c1)c1ccc(OC)cc1. The molecule has 1 atom stereocenters. The summed E-state index contributed by atoms with van der Waals surface area (Å²) >= 11 is 5.55. The maximum atomic E-state index is 13.0. The van der Waals surface area contributed by atoms with Gasteiger partial charge in [0.25, 0.3) is 0 Å². The second-order valence-corrected chi connectivity index (χ2v) is 9.48. The van der Waals surface area contributed by atoms with E-state index < -0.39 is 0 Å². The quantitative estimate of drug-likeness (QED) is 0.305. The van der Waals surface area contributed by atoms with E-state index in [0.717, 1.165) is 23.4 Å². The Bertz CT molecular complexity index is 1100. The first kappa shape index (κ1) is 24.5. The van der Waals surface area contributed by atoms with Gasteiger partial charge in [0.2, 0.25) is 0 Å². The number of hydrogen-bond donors (Lipinski definition) is 2. The third-order valence-electron chi connectivity index (χ3n) is 5.63. The van der Waals surface area contributed by atoms with Gasteiger partial charge in [-0.2, -0.15) is 0 Å². The van der Waals surface area contributed by atoms with Gasteiger partial charge in [0.1, 0.15) is 5.75 Å². The van der Waals surface area contributed by atoms with Crippen LogP contribution in [0.1, 0.15) is 67.2 Å². The molecule has 3 aromatic rings. The minimum absolute atomic E-state index is 0.0114. The van der Waals surface area contributed by atoms with Crippen LogP contribution < -0.4 is 15.4 Å². The van der Waals surface area contributed by atoms with Crippen molar-refractivity contribution in [3.05, 3.63) is 95.1 Å². The summed E-state index contributed by atoms with van der Waals surface area (Å²) in [5, 5.41) is 7.09. The van der Waals surface area contributed by atoms with Crippen molar-refractivity contribution in [2.24, 2.45) is 0 Å². The molecule has 4 nitrogen and oxygen atoms in total. The fourth-order valence-electron chi connectivity index (χ4n) is 3.61. The standard InChI is InChI=1S/C28H32N2O2S/c1-6-25(19-12-16-24(32-5)17-13-19)30-27(33)29-23-9-7-8-21(18-23)26(31)20-10-14-22(15-11-20)28(2,3)4/h7-18,25H,6H2,1-5H3,(H2,29,30,33)/t25-/m0/s1. The van der Waals surface area contributed by atoms with Gasteiger partial charge in [-0.05, 0) is 59.4 Å². The molecule has 2 N–H and O–H groups in total. The monoisotopic (exact) mass is 460 g/mol. The predicted octanol–water partition coefficient (Wildman–Crippen LogP) is 6.66. The largest absolute Gasteiger partial charge is 0.497 e. The molecule has 0 aliphatic rings. The first-order valence-electron chi connectivity index (χ1n) is 11.2. The molecule has 0 saturated heterocycles. The van der Waals surface area contributed by atoms with Crippen LogP contribution in [0.2, 0.25) is 0 Å². The van der Waals surface area contributed by atoms with Crippen LogP contribution in [0.3, 0.4) is 0 Å². The Morgan fingerprint density at radius 1 is 0.970 bits per heavy atom. The number of nitrogens with one attached hydrogen (secondary N) is 2. The van der Waals surface area contributed by atoms with Crippen molar-refractivity contribution in [2.45, 2.75) is 45.6 Å². The van der Waals surface area contributed by atoms with Gasteiger partial charge in [0, 0.05) is 16.8 Å². The molecule has 0 radical (unpaired) electrons. The Kier molecular flexibility index (Phi) is 7.88. The Hall–Kier alpha value is -3.18. The second kappa shape index (κ2) is 10.6. The van der Waals surface area contributed by atoms with E-state index in [4.69, 9.17) is 17.0 Å². The number of rotatable bonds is 7. The van der Waals surface area contributed by atoms with Crippen molar-refractivity contribution in [1.82, 2.24) is 5.32 Å². The zero-order valence-electron chi connectivity index (χ0n) is 19.9. The Balaban J connectivity index is 1.68. The molecule has 3 aromatic carbocycles. The van der Waals surface area contributed by atoms with Crippen molar-refractivity contribution < 1.29 is 9.53 Å². The van der Waals surface area contributed by atoms with E-state index in [1.54, 1.807) is 7.11 Å². The van der Waals surface area contributed by atoms with Crippen LogP contribution in [-0.4, -0.2) is 18.0 Å². The lowest BCUT2D eigenvalue weighted by Gasteiger charge is -2.20. The normalized spacial score (nSPS) is 12.0. The third-order valence-corrected chi connectivity index (χ3v) is 5.85. The molecule has 3 rings (SSSR count). The van der Waals surface area contributed by atoms with E-state index in [-0.39, 0.29) is 17.2 Å². The van der Waals surface area contributed by atoms with E-state index in [1.807, 2.05) is 72.8 Å². The van der Waals surface area contributed by atoms with E-state index >= 15 is 0 Å².